The number of hydrogen-bond donors (Lipinski definition) is 0. The molecule has 0 rings (SSSR count). The molecule has 0 saturated heterocycles. The molecule has 0 N–H and O–H groups in total. The smallest absolute Gasteiger partial charge is 0.295 e. The van der Waals surface area contributed by atoms with Gasteiger partial charge in [-0.3, -0.25) is 69.4 Å². The minimum Gasteiger partial charge on any atom is -0.756 e. The summed E-state index contributed by atoms with van der Waals surface area (Å²) in [6, 6.07) is 0. The Morgan fingerprint density at radius 3 is 0.900 bits per heavy atom. The van der Waals surface area contributed by atoms with E-state index in [4.69, 9.17) is 23.0 Å². The highest BCUT2D eigenvalue weighted by molar-refractivity contribution is 7.46. The van der Waals surface area contributed by atoms with Crippen LogP contribution in [0, 0.1) is 11.3 Å². The largest absolute Gasteiger partial charge is 0.756 e. The number of hydrogen-bond acceptors (Lipinski definition) is 32. The molecule has 5 unspecified atom stereocenters. The molecule has 5 atom stereocenters. The fourth-order valence-corrected chi connectivity index (χ4v) is 8.36. The van der Waals surface area contributed by atoms with E-state index in [9.17, 15) is 71.3 Å². The second kappa shape index (κ2) is 42.2. The van der Waals surface area contributed by atoms with E-state index in [1.54, 1.807) is 6.92 Å². The van der Waals surface area contributed by atoms with Crippen molar-refractivity contribution in [3.63, 3.8) is 0 Å². The molecule has 414 valence electrons. The molecule has 32 nitrogen and oxygen atoms in total. The molecule has 0 aromatic carbocycles. The van der Waals surface area contributed by atoms with E-state index >= 15 is 0 Å². The van der Waals surface area contributed by atoms with Gasteiger partial charge in [-0.1, -0.05) is 0 Å². The molecule has 0 spiro atoms. The number of carbonyl (C=O) groups excluding carboxylic acids is 5. The lowest BCUT2D eigenvalue weighted by atomic mass is 9.76. The summed E-state index contributed by atoms with van der Waals surface area (Å²) in [7, 11) is -23.4. The molecule has 37 heteroatoms. The molecule has 0 aromatic rings. The second-order valence-electron chi connectivity index (χ2n) is 13.2. The number of rotatable bonds is 51. The third-order valence-electron chi connectivity index (χ3n) is 8.22. The van der Waals surface area contributed by atoms with Gasteiger partial charge in [0.1, 0.15) is 0 Å². The number of phosphoric acid groups is 5. The first-order valence-corrected chi connectivity index (χ1v) is 27.8. The monoisotopic (exact) mass is 1120 g/mol. The maximum Gasteiger partial charge on any atom is 0.295 e. The summed E-state index contributed by atoms with van der Waals surface area (Å²) in [5.74, 6) is 0.0119. The first kappa shape index (κ1) is 69.9. The van der Waals surface area contributed by atoms with E-state index < -0.39 is 78.5 Å². The van der Waals surface area contributed by atoms with E-state index in [1.165, 1.54) is 0 Å². The van der Waals surface area contributed by atoms with Gasteiger partial charge in [-0.25, -0.2) is 0 Å². The molecule has 0 aromatic heterocycles. The van der Waals surface area contributed by atoms with Crippen LogP contribution in [0.4, 0.5) is 0 Å². The topological polar surface area (TPSA) is 443 Å². The predicted octanol–water partition coefficient (Wildman–Crippen LogP) is 0.710. The van der Waals surface area contributed by atoms with Crippen molar-refractivity contribution in [2.24, 2.45) is 11.3 Å². The lowest BCUT2D eigenvalue weighted by Gasteiger charge is -2.35. The van der Waals surface area contributed by atoms with Crippen LogP contribution in [0.5, 0.6) is 0 Å². The van der Waals surface area contributed by atoms with E-state index in [0.29, 0.717) is 45.5 Å². The Hall–Kier alpha value is -2.18. The van der Waals surface area contributed by atoms with Gasteiger partial charge in [0.2, 0.25) is 0 Å². The summed E-state index contributed by atoms with van der Waals surface area (Å²) < 4.78 is 135. The van der Waals surface area contributed by atoms with Crippen LogP contribution in [0.25, 0.3) is 0 Å². The Bertz CT molecular complexity index is 1480. The Kier molecular flexibility index (Phi) is 42.1. The van der Waals surface area contributed by atoms with Gasteiger partial charge in [0.05, 0.1) is 39.6 Å². The van der Waals surface area contributed by atoms with Crippen molar-refractivity contribution in [1.29, 1.82) is 0 Å². The first-order valence-electron chi connectivity index (χ1n) is 20.5. The Labute approximate surface area is 403 Å². The molecule has 0 saturated carbocycles. The second-order valence-corrected chi connectivity index (χ2v) is 20.3. The molecule has 0 aliphatic heterocycles. The van der Waals surface area contributed by atoms with Crippen molar-refractivity contribution in [1.82, 2.24) is 0 Å². The Morgan fingerprint density at radius 1 is 0.400 bits per heavy atom. The molecular formula is C33H60O32P5-5. The van der Waals surface area contributed by atoms with Crippen molar-refractivity contribution in [3.05, 3.63) is 0 Å². The average Bonchev–Trinajstić information content (AvgIpc) is 3.29. The lowest BCUT2D eigenvalue weighted by molar-refractivity contribution is -0.233. The molecule has 0 aliphatic carbocycles. The third-order valence-corrected chi connectivity index (χ3v) is 12.8. The molecule has 0 heterocycles. The van der Waals surface area contributed by atoms with Crippen molar-refractivity contribution < 1.29 is 150 Å². The van der Waals surface area contributed by atoms with Crippen LogP contribution in [-0.2, 0) is 125 Å². The number of phosphoric ester groups is 5. The van der Waals surface area contributed by atoms with Crippen molar-refractivity contribution in [2.75, 3.05) is 93.4 Å². The van der Waals surface area contributed by atoms with Crippen LogP contribution in [0.15, 0.2) is 0 Å². The fourth-order valence-electron chi connectivity index (χ4n) is 5.27. The number of carbonyl (C=O) groups is 5. The molecule has 0 bridgehead atoms. The maximum atomic E-state index is 11.7. The summed E-state index contributed by atoms with van der Waals surface area (Å²) in [5.41, 5.74) is -0.761. The highest BCUT2D eigenvalue weighted by Gasteiger charge is 2.30. The van der Waals surface area contributed by atoms with Crippen molar-refractivity contribution in [3.8, 4) is 0 Å². The Balaban J connectivity index is 0. The van der Waals surface area contributed by atoms with Gasteiger partial charge < -0.3 is 80.2 Å². The maximum absolute atomic E-state index is 11.7. The van der Waals surface area contributed by atoms with Crippen LogP contribution < -0.4 is 24.5 Å². The minimum atomic E-state index is -4.77. The third kappa shape index (κ3) is 43.4. The van der Waals surface area contributed by atoms with Gasteiger partial charge in [-0.05, 0) is 89.4 Å². The quantitative estimate of drug-likeness (QED) is 0.0266. The summed E-state index contributed by atoms with van der Waals surface area (Å²) in [4.78, 5) is 108. The summed E-state index contributed by atoms with van der Waals surface area (Å²) in [6.07, 6.45) is 3.02. The van der Waals surface area contributed by atoms with Gasteiger partial charge in [0, 0.05) is 19.8 Å². The molecular weight excluding hydrogens is 1060 g/mol. The van der Waals surface area contributed by atoms with Gasteiger partial charge in [0.15, 0.2) is 34.0 Å². The highest BCUT2D eigenvalue weighted by atomic mass is 31.2. The van der Waals surface area contributed by atoms with E-state index in [-0.39, 0.29) is 116 Å². The van der Waals surface area contributed by atoms with E-state index in [0.717, 1.165) is 0 Å². The van der Waals surface area contributed by atoms with Gasteiger partial charge in [0.25, 0.3) is 71.5 Å². The minimum absolute atomic E-state index is 0.0107. The van der Waals surface area contributed by atoms with Crippen LogP contribution in [-0.4, -0.2) is 126 Å². The normalized spacial score (nSPS) is 16.9. The van der Waals surface area contributed by atoms with Gasteiger partial charge in [-0.15, -0.1) is 0 Å². The standard InChI is InChI=1S/C19H37O19P3.C14H28O13P2/c1-2-29-12-19(6-3-9-33-39(23,24)36-16-30-13-20,7-4-10-34-40(25,26)37-17-31-14-21)8-5-11-35-41(27,28)38-18-32-15-22;1-2-21-9-14(5-3-7-24-28(17,18)26-12-22-10-15)6-4-8-25-29(19,20)27-13-23-11-16/h13-15H,2-12,16-18H2,1H3,(H,23,24)(H,25,26)(H,27,28);10-11,14H,2-9,12-13H2,1H3,(H,17,18)(H,19,20)/p-5. The Morgan fingerprint density at radius 2 is 0.657 bits per heavy atom. The van der Waals surface area contributed by atoms with Crippen molar-refractivity contribution >= 4 is 71.5 Å². The first-order chi connectivity index (χ1) is 33.1. The lowest BCUT2D eigenvalue weighted by Crippen LogP contribution is -2.29. The summed E-state index contributed by atoms with van der Waals surface area (Å²) in [6.45, 7) is -0.466. The summed E-state index contributed by atoms with van der Waals surface area (Å²) in [5, 5.41) is 0. The van der Waals surface area contributed by atoms with Crippen LogP contribution in [0.1, 0.15) is 78.1 Å². The van der Waals surface area contributed by atoms with Gasteiger partial charge in [-0.2, -0.15) is 0 Å². The fraction of sp³-hybridized carbons (Fsp3) is 0.848. The summed E-state index contributed by atoms with van der Waals surface area (Å²) >= 11 is 0. The zero-order valence-corrected chi connectivity index (χ0v) is 42.7. The van der Waals surface area contributed by atoms with Crippen LogP contribution in [0.2, 0.25) is 0 Å². The van der Waals surface area contributed by atoms with Crippen LogP contribution in [0.3, 0.4) is 0 Å². The molecule has 70 heavy (non-hydrogen) atoms. The van der Waals surface area contributed by atoms with Gasteiger partial charge >= 0.3 is 0 Å². The van der Waals surface area contributed by atoms with E-state index in [2.05, 4.69) is 55.4 Å². The molecule has 0 fully saturated rings. The molecule has 0 radical (unpaired) electrons. The number of ether oxygens (including phenoxy) is 7. The SMILES string of the molecule is CCOCC(CCCOP(=O)([O-])OCOC=O)(CCCOP(=O)([O-])OCOC=O)CCCOP(=O)([O-])OCOC=O.CCOCC(CCCOP(=O)([O-])OCOC=O)CCCOP(=O)([O-])OCOC=O. The van der Waals surface area contributed by atoms with Crippen molar-refractivity contribution in [2.45, 2.75) is 78.1 Å². The van der Waals surface area contributed by atoms with E-state index in [1.807, 2.05) is 6.92 Å². The van der Waals surface area contributed by atoms with Crippen LogP contribution >= 0.6 is 39.1 Å². The predicted molar refractivity (Wildman–Crippen MR) is 218 cm³/mol. The highest BCUT2D eigenvalue weighted by Crippen LogP contribution is 2.44. The zero-order chi connectivity index (χ0) is 53.1. The zero-order valence-electron chi connectivity index (χ0n) is 38.2. The molecule has 0 aliphatic rings. The molecule has 0 amide bonds. The average molecular weight is 1120 g/mol.